The lowest BCUT2D eigenvalue weighted by molar-refractivity contribution is 0.602. The fraction of sp³-hybridized carbons (Fsp3) is 0.235. The summed E-state index contributed by atoms with van der Waals surface area (Å²) in [6, 6.07) is 10.8. The zero-order chi connectivity index (χ0) is 14.8. The van der Waals surface area contributed by atoms with Gasteiger partial charge in [-0.05, 0) is 48.9 Å². The molecule has 1 aromatic carbocycles. The number of rotatable bonds is 4. The van der Waals surface area contributed by atoms with E-state index in [0.717, 1.165) is 28.8 Å². The fourth-order valence-corrected chi connectivity index (χ4v) is 2.69. The molecule has 0 spiro atoms. The summed E-state index contributed by atoms with van der Waals surface area (Å²) in [4.78, 5) is 0. The summed E-state index contributed by atoms with van der Waals surface area (Å²) in [5.41, 5.74) is 4.12. The van der Waals surface area contributed by atoms with Crippen molar-refractivity contribution in [2.45, 2.75) is 19.9 Å². The Kier molecular flexibility index (Phi) is 3.71. The van der Waals surface area contributed by atoms with Crippen LogP contribution in [0.3, 0.4) is 0 Å². The van der Waals surface area contributed by atoms with E-state index in [4.69, 9.17) is 0 Å². The lowest BCUT2D eigenvalue weighted by atomic mass is 9.95. The van der Waals surface area contributed by atoms with Gasteiger partial charge in [0.1, 0.15) is 5.82 Å². The molecule has 0 amide bonds. The summed E-state index contributed by atoms with van der Waals surface area (Å²) < 4.78 is 15.5. The number of fused-ring (bicyclic) bond motifs is 1. The highest BCUT2D eigenvalue weighted by Gasteiger charge is 2.19. The number of benzene rings is 1. The van der Waals surface area contributed by atoms with Crippen molar-refractivity contribution in [3.05, 3.63) is 71.3 Å². The van der Waals surface area contributed by atoms with E-state index in [9.17, 15) is 4.39 Å². The van der Waals surface area contributed by atoms with E-state index >= 15 is 0 Å². The minimum Gasteiger partial charge on any atom is -0.306 e. The Morgan fingerprint density at radius 3 is 2.90 bits per heavy atom. The smallest absolute Gasteiger partial charge is 0.123 e. The van der Waals surface area contributed by atoms with Crippen LogP contribution >= 0.6 is 0 Å². The molecule has 21 heavy (non-hydrogen) atoms. The molecular weight excluding hydrogens is 265 g/mol. The average molecular weight is 283 g/mol. The second-order valence-corrected chi connectivity index (χ2v) is 5.12. The molecule has 2 aromatic heterocycles. The Bertz CT molecular complexity index is 764. The zero-order valence-electron chi connectivity index (χ0n) is 12.2. The summed E-state index contributed by atoms with van der Waals surface area (Å²) in [5.74, 6) is -0.213. The molecular formula is C17H18FN3. The van der Waals surface area contributed by atoms with Crippen molar-refractivity contribution < 1.29 is 4.39 Å². The first-order valence-electron chi connectivity index (χ1n) is 7.12. The maximum absolute atomic E-state index is 13.7. The van der Waals surface area contributed by atoms with E-state index in [1.165, 1.54) is 6.07 Å². The van der Waals surface area contributed by atoms with Crippen LogP contribution in [0.25, 0.3) is 5.52 Å². The van der Waals surface area contributed by atoms with Crippen molar-refractivity contribution in [1.29, 1.82) is 0 Å². The molecule has 0 aliphatic rings. The molecule has 108 valence electrons. The predicted octanol–water partition coefficient (Wildman–Crippen LogP) is 3.48. The number of hydrogen-bond donors (Lipinski definition) is 1. The minimum atomic E-state index is -0.213. The van der Waals surface area contributed by atoms with Gasteiger partial charge in [-0.2, -0.15) is 5.10 Å². The van der Waals surface area contributed by atoms with E-state index in [1.807, 2.05) is 55.0 Å². The number of pyridine rings is 1. The Hall–Kier alpha value is -2.20. The van der Waals surface area contributed by atoms with Crippen molar-refractivity contribution in [1.82, 2.24) is 14.9 Å². The number of aromatic nitrogens is 2. The van der Waals surface area contributed by atoms with Crippen molar-refractivity contribution >= 4 is 5.52 Å². The summed E-state index contributed by atoms with van der Waals surface area (Å²) in [5, 5.41) is 7.82. The third kappa shape index (κ3) is 2.54. The SMILES string of the molecule is CCNC(c1cc(F)ccc1C)c1cnn2ccccc12. The van der Waals surface area contributed by atoms with E-state index in [2.05, 4.69) is 10.4 Å². The number of aryl methyl sites for hydroxylation is 1. The van der Waals surface area contributed by atoms with Crippen molar-refractivity contribution in [3.8, 4) is 0 Å². The molecule has 0 fully saturated rings. The monoisotopic (exact) mass is 283 g/mol. The van der Waals surface area contributed by atoms with Crippen LogP contribution in [0.15, 0.2) is 48.8 Å². The molecule has 3 nitrogen and oxygen atoms in total. The zero-order valence-corrected chi connectivity index (χ0v) is 12.2. The first kappa shape index (κ1) is 13.8. The van der Waals surface area contributed by atoms with E-state index in [-0.39, 0.29) is 11.9 Å². The highest BCUT2D eigenvalue weighted by Crippen LogP contribution is 2.28. The van der Waals surface area contributed by atoms with Crippen LogP contribution in [0.1, 0.15) is 29.7 Å². The topological polar surface area (TPSA) is 29.3 Å². The number of nitrogens with zero attached hydrogens (tertiary/aromatic N) is 2. The molecule has 0 aliphatic heterocycles. The Morgan fingerprint density at radius 2 is 2.10 bits per heavy atom. The predicted molar refractivity (Wildman–Crippen MR) is 81.8 cm³/mol. The fourth-order valence-electron chi connectivity index (χ4n) is 2.69. The summed E-state index contributed by atoms with van der Waals surface area (Å²) in [7, 11) is 0. The van der Waals surface area contributed by atoms with Gasteiger partial charge < -0.3 is 5.32 Å². The van der Waals surface area contributed by atoms with Gasteiger partial charge in [0.15, 0.2) is 0 Å². The van der Waals surface area contributed by atoms with Crippen LogP contribution in [0.4, 0.5) is 4.39 Å². The summed E-state index contributed by atoms with van der Waals surface area (Å²) in [6.07, 6.45) is 3.77. The first-order chi connectivity index (χ1) is 10.2. The standard InChI is InChI=1S/C17H18FN3/c1-3-19-17(14-10-13(18)8-7-12(14)2)15-11-20-21-9-5-4-6-16(15)21/h4-11,17,19H,3H2,1-2H3. The molecule has 3 aromatic rings. The second-order valence-electron chi connectivity index (χ2n) is 5.12. The van der Waals surface area contributed by atoms with Crippen molar-refractivity contribution in [2.24, 2.45) is 0 Å². The number of nitrogens with one attached hydrogen (secondary N) is 1. The summed E-state index contributed by atoms with van der Waals surface area (Å²) in [6.45, 7) is 4.85. The van der Waals surface area contributed by atoms with Crippen LogP contribution in [0.2, 0.25) is 0 Å². The van der Waals surface area contributed by atoms with Gasteiger partial charge in [-0.15, -0.1) is 0 Å². The molecule has 1 N–H and O–H groups in total. The maximum Gasteiger partial charge on any atom is 0.123 e. The molecule has 3 rings (SSSR count). The molecule has 1 unspecified atom stereocenters. The number of hydrogen-bond acceptors (Lipinski definition) is 2. The molecule has 0 saturated carbocycles. The van der Waals surface area contributed by atoms with Crippen LogP contribution in [0, 0.1) is 12.7 Å². The van der Waals surface area contributed by atoms with Crippen LogP contribution in [-0.4, -0.2) is 16.2 Å². The van der Waals surface area contributed by atoms with Gasteiger partial charge in [0.2, 0.25) is 0 Å². The number of halogens is 1. The second kappa shape index (κ2) is 5.66. The van der Waals surface area contributed by atoms with Gasteiger partial charge in [0.05, 0.1) is 17.8 Å². The van der Waals surface area contributed by atoms with Gasteiger partial charge in [0, 0.05) is 11.8 Å². The lowest BCUT2D eigenvalue weighted by Crippen LogP contribution is -2.22. The maximum atomic E-state index is 13.7. The quantitative estimate of drug-likeness (QED) is 0.794. The molecule has 0 bridgehead atoms. The minimum absolute atomic E-state index is 0.0643. The third-order valence-corrected chi connectivity index (χ3v) is 3.73. The van der Waals surface area contributed by atoms with Crippen LogP contribution in [0.5, 0.6) is 0 Å². The van der Waals surface area contributed by atoms with Gasteiger partial charge in [-0.1, -0.05) is 19.1 Å². The largest absolute Gasteiger partial charge is 0.306 e. The summed E-state index contributed by atoms with van der Waals surface area (Å²) >= 11 is 0. The normalized spacial score (nSPS) is 12.7. The molecule has 1 atom stereocenters. The Balaban J connectivity index is 2.15. The molecule has 2 heterocycles. The third-order valence-electron chi connectivity index (χ3n) is 3.73. The van der Waals surface area contributed by atoms with E-state index in [1.54, 1.807) is 6.07 Å². The Morgan fingerprint density at radius 1 is 1.24 bits per heavy atom. The van der Waals surface area contributed by atoms with Crippen LogP contribution in [-0.2, 0) is 0 Å². The van der Waals surface area contributed by atoms with Gasteiger partial charge in [-0.3, -0.25) is 0 Å². The Labute approximate surface area is 123 Å². The first-order valence-corrected chi connectivity index (χ1v) is 7.12. The van der Waals surface area contributed by atoms with Crippen LogP contribution < -0.4 is 5.32 Å². The highest BCUT2D eigenvalue weighted by molar-refractivity contribution is 5.57. The van der Waals surface area contributed by atoms with E-state index in [0.29, 0.717) is 0 Å². The van der Waals surface area contributed by atoms with Gasteiger partial charge in [0.25, 0.3) is 0 Å². The van der Waals surface area contributed by atoms with Gasteiger partial charge >= 0.3 is 0 Å². The van der Waals surface area contributed by atoms with Crippen molar-refractivity contribution in [3.63, 3.8) is 0 Å². The molecule has 0 radical (unpaired) electrons. The van der Waals surface area contributed by atoms with Crippen molar-refractivity contribution in [2.75, 3.05) is 6.54 Å². The average Bonchev–Trinajstić information content (AvgIpc) is 2.91. The van der Waals surface area contributed by atoms with Gasteiger partial charge in [-0.25, -0.2) is 8.91 Å². The molecule has 4 heteroatoms. The van der Waals surface area contributed by atoms with E-state index < -0.39 is 0 Å². The lowest BCUT2D eigenvalue weighted by Gasteiger charge is -2.20. The molecule has 0 aliphatic carbocycles. The molecule has 0 saturated heterocycles. The highest BCUT2D eigenvalue weighted by atomic mass is 19.1.